The van der Waals surface area contributed by atoms with Crippen molar-refractivity contribution in [2.75, 3.05) is 6.54 Å². The molecule has 0 bridgehead atoms. The smallest absolute Gasteiger partial charge is 0.252 e. The maximum Gasteiger partial charge on any atom is 0.252 e. The Bertz CT molecular complexity index is 1040. The molecular weight excluding hydrogens is 364 g/mol. The molecule has 1 aliphatic rings. The minimum Gasteiger partial charge on any atom is -0.391 e. The van der Waals surface area contributed by atoms with Crippen molar-refractivity contribution in [3.05, 3.63) is 66.0 Å². The molecule has 0 fully saturated rings. The van der Waals surface area contributed by atoms with Crippen molar-refractivity contribution in [3.63, 3.8) is 0 Å². The Balaban J connectivity index is 1.41. The Labute approximate surface area is 170 Å². The van der Waals surface area contributed by atoms with Gasteiger partial charge in [-0.15, -0.1) is 0 Å². The molecule has 2 aromatic heterocycles. The molecule has 6 heteroatoms. The van der Waals surface area contributed by atoms with Gasteiger partial charge in [-0.3, -0.25) is 4.79 Å². The molecule has 1 N–H and O–H groups in total. The minimum atomic E-state index is -0.125. The van der Waals surface area contributed by atoms with Crippen molar-refractivity contribution in [2.45, 2.75) is 39.3 Å². The molecule has 4 rings (SSSR count). The van der Waals surface area contributed by atoms with Crippen molar-refractivity contribution < 1.29 is 9.63 Å². The lowest BCUT2D eigenvalue weighted by Crippen LogP contribution is -2.34. The number of carbonyl (C=O) groups excluding carboxylic acids is 1. The number of fused-ring (bicyclic) bond motifs is 1. The summed E-state index contributed by atoms with van der Waals surface area (Å²) >= 11 is 0. The average Bonchev–Trinajstić information content (AvgIpc) is 3.31. The second-order valence-corrected chi connectivity index (χ2v) is 7.80. The van der Waals surface area contributed by atoms with Crippen LogP contribution in [0.1, 0.15) is 42.7 Å². The van der Waals surface area contributed by atoms with Gasteiger partial charge in [0.05, 0.1) is 17.8 Å². The van der Waals surface area contributed by atoms with Gasteiger partial charge >= 0.3 is 0 Å². The highest BCUT2D eigenvalue weighted by molar-refractivity contribution is 6.07. The maximum atomic E-state index is 12.8. The molecule has 0 spiro atoms. The largest absolute Gasteiger partial charge is 0.391 e. The lowest BCUT2D eigenvalue weighted by Gasteiger charge is -2.15. The molecule has 6 nitrogen and oxygen atoms in total. The van der Waals surface area contributed by atoms with Crippen LogP contribution in [0.2, 0.25) is 0 Å². The normalized spacial score (nSPS) is 18.7. The summed E-state index contributed by atoms with van der Waals surface area (Å²) in [5.41, 5.74) is 3.54. The molecule has 0 saturated heterocycles. The summed E-state index contributed by atoms with van der Waals surface area (Å²) in [7, 11) is 0. The third-order valence-corrected chi connectivity index (χ3v) is 5.51. The Morgan fingerprint density at radius 1 is 1.21 bits per heavy atom. The fourth-order valence-corrected chi connectivity index (χ4v) is 3.72. The van der Waals surface area contributed by atoms with Gasteiger partial charge in [-0.05, 0) is 31.5 Å². The summed E-state index contributed by atoms with van der Waals surface area (Å²) in [4.78, 5) is 22.9. The van der Waals surface area contributed by atoms with Gasteiger partial charge in [-0.2, -0.15) is 0 Å². The fourth-order valence-electron chi connectivity index (χ4n) is 3.72. The molecule has 0 radical (unpaired) electrons. The van der Waals surface area contributed by atoms with Crippen molar-refractivity contribution in [2.24, 2.45) is 11.1 Å². The predicted molar refractivity (Wildman–Crippen MR) is 114 cm³/mol. The number of nitrogens with zero attached hydrogens (tertiary/aromatic N) is 3. The second-order valence-electron chi connectivity index (χ2n) is 7.80. The van der Waals surface area contributed by atoms with Gasteiger partial charge in [-0.25, -0.2) is 4.98 Å². The summed E-state index contributed by atoms with van der Waals surface area (Å²) in [5.74, 6) is 0.0234. The van der Waals surface area contributed by atoms with Crippen LogP contribution in [0.15, 0.2) is 60.0 Å². The molecule has 1 aromatic carbocycles. The average molecular weight is 390 g/mol. The van der Waals surface area contributed by atoms with E-state index in [2.05, 4.69) is 52.9 Å². The van der Waals surface area contributed by atoms with E-state index in [-0.39, 0.29) is 24.0 Å². The first-order valence-corrected chi connectivity index (χ1v) is 10.0. The zero-order valence-corrected chi connectivity index (χ0v) is 17.0. The number of nitrogens with one attached hydrogen (secondary N) is 1. The molecule has 3 aromatic rings. The van der Waals surface area contributed by atoms with Gasteiger partial charge in [0.25, 0.3) is 5.91 Å². The first-order valence-electron chi connectivity index (χ1n) is 10.0. The fraction of sp³-hybridized carbons (Fsp3) is 0.348. The quantitative estimate of drug-likeness (QED) is 0.692. The van der Waals surface area contributed by atoms with Gasteiger partial charge in [-0.1, -0.05) is 42.4 Å². The third-order valence-electron chi connectivity index (χ3n) is 5.51. The molecular formula is C23H26N4O2. The Hall–Kier alpha value is -3.15. The Morgan fingerprint density at radius 2 is 2.00 bits per heavy atom. The first-order chi connectivity index (χ1) is 14.0. The van der Waals surface area contributed by atoms with Crippen LogP contribution >= 0.6 is 0 Å². The minimum absolute atomic E-state index is 0.00277. The van der Waals surface area contributed by atoms with Crippen LogP contribution in [0.5, 0.6) is 0 Å². The van der Waals surface area contributed by atoms with Crippen LogP contribution in [-0.4, -0.2) is 33.8 Å². The summed E-state index contributed by atoms with van der Waals surface area (Å²) in [6.07, 6.45) is 4.46. The number of hydrogen-bond donors (Lipinski definition) is 1. The lowest BCUT2D eigenvalue weighted by molar-refractivity contribution is 0.0660. The van der Waals surface area contributed by atoms with Gasteiger partial charge in [0.2, 0.25) is 0 Å². The zero-order chi connectivity index (χ0) is 20.4. The molecule has 2 unspecified atom stereocenters. The Kier molecular flexibility index (Phi) is 5.34. The van der Waals surface area contributed by atoms with E-state index in [9.17, 15) is 4.79 Å². The summed E-state index contributed by atoms with van der Waals surface area (Å²) in [5, 5.41) is 8.09. The van der Waals surface area contributed by atoms with E-state index in [1.165, 1.54) is 5.56 Å². The van der Waals surface area contributed by atoms with Crippen molar-refractivity contribution >= 4 is 22.7 Å². The van der Waals surface area contributed by atoms with Crippen LogP contribution in [0.4, 0.5) is 0 Å². The van der Waals surface area contributed by atoms with Crippen LogP contribution in [0, 0.1) is 5.92 Å². The SMILES string of the molecule is CC1C(CNC(=O)c2ccnc3c2ccn3C(C)C)=NOC1Cc1ccccc1. The Morgan fingerprint density at radius 3 is 2.76 bits per heavy atom. The van der Waals surface area contributed by atoms with Gasteiger partial charge in [0, 0.05) is 36.2 Å². The topological polar surface area (TPSA) is 68.5 Å². The molecule has 3 heterocycles. The lowest BCUT2D eigenvalue weighted by atomic mass is 9.94. The third kappa shape index (κ3) is 3.88. The van der Waals surface area contributed by atoms with Crippen molar-refractivity contribution in [1.82, 2.24) is 14.9 Å². The molecule has 29 heavy (non-hydrogen) atoms. The van der Waals surface area contributed by atoms with E-state index in [0.29, 0.717) is 12.1 Å². The molecule has 1 amide bonds. The zero-order valence-electron chi connectivity index (χ0n) is 17.0. The number of pyridine rings is 1. The highest BCUT2D eigenvalue weighted by Gasteiger charge is 2.30. The second kappa shape index (κ2) is 8.07. The molecule has 0 aliphatic carbocycles. The van der Waals surface area contributed by atoms with Gasteiger partial charge in [0.15, 0.2) is 0 Å². The number of aromatic nitrogens is 2. The van der Waals surface area contributed by atoms with E-state index in [1.54, 1.807) is 12.3 Å². The van der Waals surface area contributed by atoms with Crippen molar-refractivity contribution in [3.8, 4) is 0 Å². The predicted octanol–water partition coefficient (Wildman–Crippen LogP) is 3.98. The molecule has 150 valence electrons. The van der Waals surface area contributed by atoms with Crippen LogP contribution in [0.3, 0.4) is 0 Å². The molecule has 2 atom stereocenters. The van der Waals surface area contributed by atoms with E-state index in [0.717, 1.165) is 23.2 Å². The monoisotopic (exact) mass is 390 g/mol. The van der Waals surface area contributed by atoms with Gasteiger partial charge < -0.3 is 14.7 Å². The number of rotatable bonds is 6. The number of benzene rings is 1. The van der Waals surface area contributed by atoms with Gasteiger partial charge in [0.1, 0.15) is 11.8 Å². The number of hydrogen-bond acceptors (Lipinski definition) is 4. The van der Waals surface area contributed by atoms with E-state index in [4.69, 9.17) is 4.84 Å². The number of carbonyl (C=O) groups is 1. The van der Waals surface area contributed by atoms with E-state index < -0.39 is 0 Å². The molecule has 1 aliphatic heterocycles. The summed E-state index contributed by atoms with van der Waals surface area (Å²) in [6, 6.07) is 14.2. The van der Waals surface area contributed by atoms with Crippen LogP contribution < -0.4 is 5.32 Å². The highest BCUT2D eigenvalue weighted by atomic mass is 16.6. The van der Waals surface area contributed by atoms with E-state index in [1.807, 2.05) is 30.5 Å². The summed E-state index contributed by atoms with van der Waals surface area (Å²) in [6.45, 7) is 6.66. The summed E-state index contributed by atoms with van der Waals surface area (Å²) < 4.78 is 2.07. The van der Waals surface area contributed by atoms with E-state index >= 15 is 0 Å². The number of amides is 1. The standard InChI is InChI=1S/C23H26N4O2/c1-15(2)27-12-10-18-19(9-11-24-22(18)27)23(28)25-14-20-16(3)21(29-26-20)13-17-7-5-4-6-8-17/h4-12,15-16,21H,13-14H2,1-3H3,(H,25,28). The molecule has 0 saturated carbocycles. The number of oxime groups is 1. The highest BCUT2D eigenvalue weighted by Crippen LogP contribution is 2.23. The maximum absolute atomic E-state index is 12.8. The van der Waals surface area contributed by atoms with Crippen LogP contribution in [0.25, 0.3) is 11.0 Å². The van der Waals surface area contributed by atoms with Crippen molar-refractivity contribution in [1.29, 1.82) is 0 Å². The first kappa shape index (κ1) is 19.2. The van der Waals surface area contributed by atoms with Crippen LogP contribution in [-0.2, 0) is 11.3 Å².